The number of aliphatic hydroxyl groups is 1. The smallest absolute Gasteiger partial charge is 0.115 e. The van der Waals surface area contributed by atoms with Crippen LogP contribution in [0.25, 0.3) is 0 Å². The predicted octanol–water partition coefficient (Wildman–Crippen LogP) is 2.73. The summed E-state index contributed by atoms with van der Waals surface area (Å²) in [6, 6.07) is 0. The van der Waals surface area contributed by atoms with Gasteiger partial charge in [-0.3, -0.25) is 0 Å². The van der Waals surface area contributed by atoms with Gasteiger partial charge in [0.25, 0.3) is 0 Å². The SMILES string of the molecule is CC(Cl)(Cl)CCCCCO. The summed E-state index contributed by atoms with van der Waals surface area (Å²) in [7, 11) is 0. The molecule has 62 valence electrons. The standard InChI is InChI=1S/C7H14Cl2O/c1-7(8,9)5-3-2-4-6-10/h10H,2-6H2,1H3. The summed E-state index contributed by atoms with van der Waals surface area (Å²) < 4.78 is -0.588. The number of halogens is 2. The molecule has 0 heterocycles. The molecule has 0 rings (SSSR count). The third kappa shape index (κ3) is 8.54. The molecule has 0 aliphatic rings. The molecule has 10 heavy (non-hydrogen) atoms. The molecule has 1 N–H and O–H groups in total. The molecule has 0 fully saturated rings. The van der Waals surface area contributed by atoms with E-state index in [4.69, 9.17) is 28.3 Å². The highest BCUT2D eigenvalue weighted by Crippen LogP contribution is 2.26. The van der Waals surface area contributed by atoms with E-state index in [0.717, 1.165) is 25.7 Å². The fourth-order valence-corrected chi connectivity index (χ4v) is 0.991. The van der Waals surface area contributed by atoms with Crippen molar-refractivity contribution in [1.82, 2.24) is 0 Å². The average molecular weight is 185 g/mol. The third-order valence-electron chi connectivity index (χ3n) is 1.27. The van der Waals surface area contributed by atoms with Crippen molar-refractivity contribution in [2.75, 3.05) is 6.61 Å². The van der Waals surface area contributed by atoms with Crippen molar-refractivity contribution in [3.05, 3.63) is 0 Å². The van der Waals surface area contributed by atoms with Gasteiger partial charge in [-0.2, -0.15) is 0 Å². The minimum atomic E-state index is -0.588. The molecule has 0 amide bonds. The van der Waals surface area contributed by atoms with Crippen LogP contribution in [-0.4, -0.2) is 16.0 Å². The first kappa shape index (κ1) is 10.5. The Balaban J connectivity index is 3.04. The van der Waals surface area contributed by atoms with Crippen molar-refractivity contribution in [2.45, 2.75) is 36.9 Å². The quantitative estimate of drug-likeness (QED) is 0.515. The minimum Gasteiger partial charge on any atom is -0.396 e. The molecule has 0 aromatic heterocycles. The Hall–Kier alpha value is 0.540. The van der Waals surface area contributed by atoms with Gasteiger partial charge in [-0.1, -0.05) is 12.8 Å². The molecular formula is C7H14Cl2O. The van der Waals surface area contributed by atoms with E-state index in [2.05, 4.69) is 0 Å². The summed E-state index contributed by atoms with van der Waals surface area (Å²) in [5.41, 5.74) is 0. The largest absolute Gasteiger partial charge is 0.396 e. The first-order chi connectivity index (χ1) is 4.56. The Bertz CT molecular complexity index is 78.2. The molecule has 1 nitrogen and oxygen atoms in total. The lowest BCUT2D eigenvalue weighted by atomic mass is 10.1. The summed E-state index contributed by atoms with van der Waals surface area (Å²) in [4.78, 5) is 0. The summed E-state index contributed by atoms with van der Waals surface area (Å²) in [5, 5.41) is 8.43. The van der Waals surface area contributed by atoms with E-state index in [-0.39, 0.29) is 6.61 Å². The maximum atomic E-state index is 8.43. The van der Waals surface area contributed by atoms with Gasteiger partial charge in [0.15, 0.2) is 0 Å². The molecule has 0 aliphatic heterocycles. The normalized spacial score (nSPS) is 12.0. The highest BCUT2D eigenvalue weighted by molar-refractivity contribution is 6.48. The lowest BCUT2D eigenvalue weighted by molar-refractivity contribution is 0.282. The second-order valence-corrected chi connectivity index (χ2v) is 4.47. The maximum absolute atomic E-state index is 8.43. The molecule has 0 aliphatic carbocycles. The third-order valence-corrected chi connectivity index (χ3v) is 1.65. The van der Waals surface area contributed by atoms with Gasteiger partial charge < -0.3 is 5.11 Å². The molecule has 0 aromatic carbocycles. The van der Waals surface area contributed by atoms with Gasteiger partial charge in [0.05, 0.1) is 0 Å². The van der Waals surface area contributed by atoms with Crippen LogP contribution in [0.4, 0.5) is 0 Å². The van der Waals surface area contributed by atoms with Crippen LogP contribution in [0.2, 0.25) is 0 Å². The molecular weight excluding hydrogens is 171 g/mol. The topological polar surface area (TPSA) is 20.2 Å². The van der Waals surface area contributed by atoms with E-state index in [1.807, 2.05) is 0 Å². The van der Waals surface area contributed by atoms with Crippen molar-refractivity contribution in [1.29, 1.82) is 0 Å². The zero-order chi connectivity index (χ0) is 8.04. The Morgan fingerprint density at radius 3 is 2.20 bits per heavy atom. The van der Waals surface area contributed by atoms with Crippen molar-refractivity contribution >= 4 is 23.2 Å². The molecule has 0 spiro atoms. The van der Waals surface area contributed by atoms with Crippen molar-refractivity contribution in [3.8, 4) is 0 Å². The van der Waals surface area contributed by atoms with E-state index in [1.54, 1.807) is 6.92 Å². The highest BCUT2D eigenvalue weighted by atomic mass is 35.5. The Morgan fingerprint density at radius 2 is 1.80 bits per heavy atom. The van der Waals surface area contributed by atoms with Gasteiger partial charge in [-0.25, -0.2) is 0 Å². The van der Waals surface area contributed by atoms with Crippen LogP contribution in [0.5, 0.6) is 0 Å². The molecule has 0 radical (unpaired) electrons. The molecule has 3 heteroatoms. The number of hydrogen-bond acceptors (Lipinski definition) is 1. The van der Waals surface area contributed by atoms with Crippen LogP contribution in [-0.2, 0) is 0 Å². The number of aliphatic hydroxyl groups excluding tert-OH is 1. The van der Waals surface area contributed by atoms with Gasteiger partial charge in [-0.05, 0) is 19.8 Å². The second-order valence-electron chi connectivity index (χ2n) is 2.60. The molecule has 0 unspecified atom stereocenters. The first-order valence-corrected chi connectivity index (χ1v) is 4.30. The summed E-state index contributed by atoms with van der Waals surface area (Å²) in [6.45, 7) is 2.05. The van der Waals surface area contributed by atoms with Gasteiger partial charge in [0, 0.05) is 6.61 Å². The van der Waals surface area contributed by atoms with E-state index < -0.39 is 4.33 Å². The Morgan fingerprint density at radius 1 is 1.20 bits per heavy atom. The van der Waals surface area contributed by atoms with E-state index >= 15 is 0 Å². The Labute approximate surface area is 72.3 Å². The lowest BCUT2D eigenvalue weighted by Crippen LogP contribution is -2.05. The monoisotopic (exact) mass is 184 g/mol. The van der Waals surface area contributed by atoms with Crippen molar-refractivity contribution in [3.63, 3.8) is 0 Å². The molecule has 0 bridgehead atoms. The van der Waals surface area contributed by atoms with Gasteiger partial charge in [-0.15, -0.1) is 23.2 Å². The maximum Gasteiger partial charge on any atom is 0.115 e. The van der Waals surface area contributed by atoms with Gasteiger partial charge in [0.2, 0.25) is 0 Å². The Kier molecular flexibility index (Phi) is 5.51. The van der Waals surface area contributed by atoms with Crippen LogP contribution < -0.4 is 0 Å². The van der Waals surface area contributed by atoms with Crippen LogP contribution in [0.3, 0.4) is 0 Å². The zero-order valence-electron chi connectivity index (χ0n) is 6.24. The highest BCUT2D eigenvalue weighted by Gasteiger charge is 2.14. The number of unbranched alkanes of at least 4 members (excludes halogenated alkanes) is 2. The van der Waals surface area contributed by atoms with E-state index in [0.29, 0.717) is 0 Å². The predicted molar refractivity (Wildman–Crippen MR) is 45.7 cm³/mol. The summed E-state index contributed by atoms with van der Waals surface area (Å²) in [5.74, 6) is 0. The van der Waals surface area contributed by atoms with Crippen molar-refractivity contribution < 1.29 is 5.11 Å². The van der Waals surface area contributed by atoms with Gasteiger partial charge >= 0.3 is 0 Å². The fourth-order valence-electron chi connectivity index (χ4n) is 0.724. The molecule has 0 atom stereocenters. The summed E-state index contributed by atoms with van der Waals surface area (Å²) >= 11 is 11.4. The molecule has 0 saturated carbocycles. The minimum absolute atomic E-state index is 0.265. The van der Waals surface area contributed by atoms with Crippen molar-refractivity contribution in [2.24, 2.45) is 0 Å². The number of alkyl halides is 2. The number of hydrogen-bond donors (Lipinski definition) is 1. The van der Waals surface area contributed by atoms with Crippen LogP contribution in [0.15, 0.2) is 0 Å². The second kappa shape index (κ2) is 5.22. The molecule has 0 saturated heterocycles. The fraction of sp³-hybridized carbons (Fsp3) is 1.00. The van der Waals surface area contributed by atoms with Crippen LogP contribution in [0.1, 0.15) is 32.6 Å². The number of rotatable bonds is 5. The van der Waals surface area contributed by atoms with E-state index in [9.17, 15) is 0 Å². The first-order valence-electron chi connectivity index (χ1n) is 3.55. The van der Waals surface area contributed by atoms with Crippen LogP contribution in [0, 0.1) is 0 Å². The van der Waals surface area contributed by atoms with Crippen LogP contribution >= 0.6 is 23.2 Å². The van der Waals surface area contributed by atoms with E-state index in [1.165, 1.54) is 0 Å². The molecule has 0 aromatic rings. The zero-order valence-corrected chi connectivity index (χ0v) is 7.75. The summed E-state index contributed by atoms with van der Waals surface area (Å²) in [6.07, 6.45) is 3.65. The lowest BCUT2D eigenvalue weighted by Gasteiger charge is -2.11. The van der Waals surface area contributed by atoms with Gasteiger partial charge in [0.1, 0.15) is 4.33 Å². The average Bonchev–Trinajstić information content (AvgIpc) is 1.78.